The van der Waals surface area contributed by atoms with Gasteiger partial charge in [0.1, 0.15) is 5.82 Å². The van der Waals surface area contributed by atoms with Gasteiger partial charge < -0.3 is 5.32 Å². The molecule has 0 aliphatic rings. The zero-order valence-corrected chi connectivity index (χ0v) is 10.6. The van der Waals surface area contributed by atoms with Crippen LogP contribution in [0.25, 0.3) is 0 Å². The fourth-order valence-corrected chi connectivity index (χ4v) is 2.08. The van der Waals surface area contributed by atoms with E-state index in [1.54, 1.807) is 23.9 Å². The molecule has 0 saturated carbocycles. The fraction of sp³-hybridized carbons (Fsp3) is 0.333. The molecule has 88 valence electrons. The van der Waals surface area contributed by atoms with Gasteiger partial charge in [-0.3, -0.25) is 0 Å². The first-order chi connectivity index (χ1) is 7.75. The maximum atomic E-state index is 13.3. The van der Waals surface area contributed by atoms with E-state index in [1.807, 2.05) is 6.08 Å². The topological polar surface area (TPSA) is 12.0 Å². The van der Waals surface area contributed by atoms with E-state index in [9.17, 15) is 4.39 Å². The van der Waals surface area contributed by atoms with Crippen molar-refractivity contribution in [3.63, 3.8) is 0 Å². The van der Waals surface area contributed by atoms with Gasteiger partial charge in [-0.1, -0.05) is 23.7 Å². The van der Waals surface area contributed by atoms with Crippen molar-refractivity contribution in [1.82, 2.24) is 5.32 Å². The Bertz CT molecular complexity index is 324. The molecule has 0 aliphatic carbocycles. The molecule has 1 nitrogen and oxygen atoms in total. The number of rotatable bonds is 7. The summed E-state index contributed by atoms with van der Waals surface area (Å²) in [6, 6.07) is 4.74. The minimum absolute atomic E-state index is 0.251. The highest BCUT2D eigenvalue weighted by Gasteiger charge is 2.05. The van der Waals surface area contributed by atoms with E-state index in [1.165, 1.54) is 6.07 Å². The first-order valence-corrected chi connectivity index (χ1v) is 6.61. The zero-order chi connectivity index (χ0) is 11.8. The first-order valence-electron chi connectivity index (χ1n) is 5.08. The zero-order valence-electron chi connectivity index (χ0n) is 9.01. The lowest BCUT2D eigenvalue weighted by Crippen LogP contribution is -2.17. The summed E-state index contributed by atoms with van der Waals surface area (Å²) in [5.41, 5.74) is 0.540. The third kappa shape index (κ3) is 4.56. The Labute approximate surface area is 105 Å². The van der Waals surface area contributed by atoms with Crippen LogP contribution >= 0.6 is 23.4 Å². The molecule has 4 heteroatoms. The van der Waals surface area contributed by atoms with E-state index < -0.39 is 0 Å². The lowest BCUT2D eigenvalue weighted by molar-refractivity contribution is 0.594. The van der Waals surface area contributed by atoms with Crippen LogP contribution in [0.1, 0.15) is 5.56 Å². The lowest BCUT2D eigenvalue weighted by atomic mass is 10.2. The number of thioether (sulfide) groups is 1. The second-order valence-corrected chi connectivity index (χ2v) is 4.80. The van der Waals surface area contributed by atoms with Gasteiger partial charge in [-0.2, -0.15) is 11.8 Å². The predicted octanol–water partition coefficient (Wildman–Crippen LogP) is 3.49. The highest BCUT2D eigenvalue weighted by Crippen LogP contribution is 2.18. The van der Waals surface area contributed by atoms with Gasteiger partial charge in [-0.25, -0.2) is 4.39 Å². The Kier molecular flexibility index (Phi) is 6.53. The molecular weight excluding hydrogens is 245 g/mol. The Morgan fingerprint density at radius 3 is 3.00 bits per heavy atom. The van der Waals surface area contributed by atoms with Gasteiger partial charge in [0.2, 0.25) is 0 Å². The van der Waals surface area contributed by atoms with Crippen molar-refractivity contribution in [2.24, 2.45) is 0 Å². The summed E-state index contributed by atoms with van der Waals surface area (Å²) in [5, 5.41) is 3.64. The minimum atomic E-state index is -0.251. The molecule has 0 aromatic heterocycles. The Morgan fingerprint density at radius 1 is 1.50 bits per heavy atom. The van der Waals surface area contributed by atoms with Gasteiger partial charge in [-0.05, 0) is 12.1 Å². The minimum Gasteiger partial charge on any atom is -0.312 e. The monoisotopic (exact) mass is 259 g/mol. The summed E-state index contributed by atoms with van der Waals surface area (Å²) < 4.78 is 13.3. The van der Waals surface area contributed by atoms with E-state index in [0.29, 0.717) is 17.1 Å². The lowest BCUT2D eigenvalue weighted by Gasteiger charge is -2.07. The van der Waals surface area contributed by atoms with Gasteiger partial charge in [0.25, 0.3) is 0 Å². The highest BCUT2D eigenvalue weighted by atomic mass is 35.5. The van der Waals surface area contributed by atoms with E-state index in [4.69, 9.17) is 11.6 Å². The van der Waals surface area contributed by atoms with Crippen molar-refractivity contribution in [1.29, 1.82) is 0 Å². The summed E-state index contributed by atoms with van der Waals surface area (Å²) in [7, 11) is 0. The van der Waals surface area contributed by atoms with Crippen molar-refractivity contribution >= 4 is 23.4 Å². The van der Waals surface area contributed by atoms with Crippen molar-refractivity contribution in [3.8, 4) is 0 Å². The van der Waals surface area contributed by atoms with Gasteiger partial charge >= 0.3 is 0 Å². The first kappa shape index (κ1) is 13.6. The largest absolute Gasteiger partial charge is 0.312 e. The van der Waals surface area contributed by atoms with Crippen molar-refractivity contribution in [3.05, 3.63) is 47.3 Å². The quantitative estimate of drug-likeness (QED) is 0.594. The molecule has 16 heavy (non-hydrogen) atoms. The molecule has 1 aromatic carbocycles. The Morgan fingerprint density at radius 2 is 2.31 bits per heavy atom. The van der Waals surface area contributed by atoms with Gasteiger partial charge in [-0.15, -0.1) is 6.58 Å². The van der Waals surface area contributed by atoms with Crippen molar-refractivity contribution < 1.29 is 4.39 Å². The van der Waals surface area contributed by atoms with Crippen LogP contribution in [0.5, 0.6) is 0 Å². The van der Waals surface area contributed by atoms with Crippen LogP contribution in [0.15, 0.2) is 30.9 Å². The maximum Gasteiger partial charge on any atom is 0.129 e. The summed E-state index contributed by atoms with van der Waals surface area (Å²) in [4.78, 5) is 0. The molecule has 0 atom stereocenters. The summed E-state index contributed by atoms with van der Waals surface area (Å²) in [6.45, 7) is 4.95. The molecule has 0 amide bonds. The summed E-state index contributed by atoms with van der Waals surface area (Å²) >= 11 is 7.68. The van der Waals surface area contributed by atoms with Crippen LogP contribution in [0.2, 0.25) is 5.02 Å². The molecule has 1 aromatic rings. The van der Waals surface area contributed by atoms with Crippen LogP contribution in [0, 0.1) is 5.82 Å². The molecular formula is C12H15ClFNS. The normalized spacial score (nSPS) is 10.4. The number of nitrogens with one attached hydrogen (secondary N) is 1. The van der Waals surface area contributed by atoms with Crippen molar-refractivity contribution in [2.75, 3.05) is 18.1 Å². The fourth-order valence-electron chi connectivity index (χ4n) is 1.23. The predicted molar refractivity (Wildman–Crippen MR) is 70.6 cm³/mol. The smallest absolute Gasteiger partial charge is 0.129 e. The SMILES string of the molecule is C=CCSCCNCc1c(F)cccc1Cl. The van der Waals surface area contributed by atoms with E-state index in [2.05, 4.69) is 11.9 Å². The average Bonchev–Trinajstić information content (AvgIpc) is 2.26. The van der Waals surface area contributed by atoms with Crippen LogP contribution in [0.4, 0.5) is 4.39 Å². The van der Waals surface area contributed by atoms with E-state index in [0.717, 1.165) is 18.1 Å². The van der Waals surface area contributed by atoms with Crippen LogP contribution in [-0.4, -0.2) is 18.1 Å². The standard InChI is InChI=1S/C12H15ClFNS/c1-2-7-16-8-6-15-9-10-11(13)4-3-5-12(10)14/h2-5,15H,1,6-9H2. The maximum absolute atomic E-state index is 13.3. The molecule has 0 heterocycles. The van der Waals surface area contributed by atoms with E-state index in [-0.39, 0.29) is 5.82 Å². The average molecular weight is 260 g/mol. The Balaban J connectivity index is 2.29. The number of halogens is 2. The van der Waals surface area contributed by atoms with Gasteiger partial charge in [0.15, 0.2) is 0 Å². The number of benzene rings is 1. The molecule has 0 aliphatic heterocycles. The van der Waals surface area contributed by atoms with Gasteiger partial charge in [0.05, 0.1) is 0 Å². The molecule has 0 unspecified atom stereocenters. The second kappa shape index (κ2) is 7.71. The van der Waals surface area contributed by atoms with Gasteiger partial charge in [0, 0.05) is 35.2 Å². The molecule has 0 saturated heterocycles. The summed E-state index contributed by atoms with van der Waals surface area (Å²) in [5.74, 6) is 1.68. The van der Waals surface area contributed by atoms with E-state index >= 15 is 0 Å². The molecule has 1 rings (SSSR count). The third-order valence-electron chi connectivity index (χ3n) is 2.02. The number of hydrogen-bond acceptors (Lipinski definition) is 2. The van der Waals surface area contributed by atoms with Crippen LogP contribution in [0.3, 0.4) is 0 Å². The summed E-state index contributed by atoms with van der Waals surface area (Å²) in [6.07, 6.45) is 1.87. The highest BCUT2D eigenvalue weighted by molar-refractivity contribution is 7.99. The molecule has 0 spiro atoms. The van der Waals surface area contributed by atoms with Crippen molar-refractivity contribution in [2.45, 2.75) is 6.54 Å². The third-order valence-corrected chi connectivity index (χ3v) is 3.34. The second-order valence-electron chi connectivity index (χ2n) is 3.24. The molecule has 0 radical (unpaired) electrons. The molecule has 0 fully saturated rings. The molecule has 1 N–H and O–H groups in total. The van der Waals surface area contributed by atoms with Crippen LogP contribution < -0.4 is 5.32 Å². The number of hydrogen-bond donors (Lipinski definition) is 1. The Hall–Kier alpha value is -0.510. The molecule has 0 bridgehead atoms. The van der Waals surface area contributed by atoms with Crippen LogP contribution in [-0.2, 0) is 6.54 Å².